The van der Waals surface area contributed by atoms with Gasteiger partial charge in [0.25, 0.3) is 0 Å². The average molecular weight is 470 g/mol. The number of hydrogen-bond donors (Lipinski definition) is 0. The van der Waals surface area contributed by atoms with Gasteiger partial charge in [0.2, 0.25) is 0 Å². The molecule has 1 heterocycles. The molecule has 7 nitrogen and oxygen atoms in total. The molecule has 1 unspecified atom stereocenters. The highest BCUT2D eigenvalue weighted by Gasteiger charge is 2.23. The predicted molar refractivity (Wildman–Crippen MR) is 131 cm³/mol. The van der Waals surface area contributed by atoms with Crippen LogP contribution in [0.25, 0.3) is 11.4 Å². The summed E-state index contributed by atoms with van der Waals surface area (Å²) < 4.78 is 18.1. The van der Waals surface area contributed by atoms with Crippen LogP contribution in [-0.4, -0.2) is 53.7 Å². The van der Waals surface area contributed by atoms with Crippen LogP contribution in [-0.2, 0) is 11.3 Å². The molecule has 0 bridgehead atoms. The van der Waals surface area contributed by atoms with Gasteiger partial charge in [0.15, 0.2) is 28.3 Å². The summed E-state index contributed by atoms with van der Waals surface area (Å²) in [7, 11) is 4.89. The molecular weight excluding hydrogens is 438 g/mol. The van der Waals surface area contributed by atoms with Gasteiger partial charge < -0.3 is 18.8 Å². The molecule has 3 rings (SSSR count). The maximum absolute atomic E-state index is 13.2. The zero-order valence-electron chi connectivity index (χ0n) is 20.0. The summed E-state index contributed by atoms with van der Waals surface area (Å²) in [5, 5.41) is 9.28. The highest BCUT2D eigenvalue weighted by Crippen LogP contribution is 2.34. The standard InChI is InChI=1S/C25H31N3O4S/c1-16-8-9-17(2)20(14-16)23(29)18(3)33-25-27-26-24(28(25)12-7-13-30-4)19-10-11-21(31-5)22(15-19)32-6/h8-11,14-15,18H,7,12-13H2,1-6H3. The fraction of sp³-hybridized carbons (Fsp3) is 0.400. The molecule has 1 aromatic heterocycles. The van der Waals surface area contributed by atoms with Crippen LogP contribution in [0.1, 0.15) is 34.8 Å². The number of thioether (sulfide) groups is 1. The van der Waals surface area contributed by atoms with Crippen molar-refractivity contribution in [3.8, 4) is 22.9 Å². The Bertz CT molecular complexity index is 1110. The van der Waals surface area contributed by atoms with E-state index >= 15 is 0 Å². The summed E-state index contributed by atoms with van der Waals surface area (Å²) >= 11 is 1.42. The number of Topliss-reactive ketones (excluding diaryl/α,β-unsaturated/α-hetero) is 1. The zero-order chi connectivity index (χ0) is 24.0. The first-order valence-corrected chi connectivity index (χ1v) is 11.7. The van der Waals surface area contributed by atoms with Gasteiger partial charge in [0.05, 0.1) is 19.5 Å². The number of ketones is 1. The van der Waals surface area contributed by atoms with Crippen LogP contribution >= 0.6 is 11.8 Å². The Kier molecular flexibility index (Phi) is 8.52. The molecule has 0 aliphatic rings. The van der Waals surface area contributed by atoms with Gasteiger partial charge in [-0.3, -0.25) is 4.79 Å². The molecule has 0 aliphatic heterocycles. The third-order valence-corrected chi connectivity index (χ3v) is 6.48. The van der Waals surface area contributed by atoms with Crippen LogP contribution in [0, 0.1) is 13.8 Å². The van der Waals surface area contributed by atoms with E-state index in [9.17, 15) is 4.79 Å². The lowest BCUT2D eigenvalue weighted by molar-refractivity contribution is 0.0993. The van der Waals surface area contributed by atoms with Crippen molar-refractivity contribution in [2.45, 2.75) is 44.1 Å². The van der Waals surface area contributed by atoms with Crippen LogP contribution in [0.2, 0.25) is 0 Å². The van der Waals surface area contributed by atoms with Gasteiger partial charge in [0.1, 0.15) is 0 Å². The third kappa shape index (κ3) is 5.75. The van der Waals surface area contributed by atoms with Crippen molar-refractivity contribution in [1.29, 1.82) is 0 Å². The molecule has 0 radical (unpaired) electrons. The fourth-order valence-corrected chi connectivity index (χ4v) is 4.51. The van der Waals surface area contributed by atoms with Crippen molar-refractivity contribution in [2.75, 3.05) is 27.9 Å². The maximum Gasteiger partial charge on any atom is 0.192 e. The predicted octanol–water partition coefficient (Wildman–Crippen LogP) is 4.98. The summed E-state index contributed by atoms with van der Waals surface area (Å²) in [6, 6.07) is 11.6. The number of benzene rings is 2. The van der Waals surface area contributed by atoms with Crippen LogP contribution < -0.4 is 9.47 Å². The lowest BCUT2D eigenvalue weighted by atomic mass is 10.0. The molecule has 0 saturated heterocycles. The molecular formula is C25H31N3O4S. The Morgan fingerprint density at radius 2 is 1.79 bits per heavy atom. The number of nitrogens with zero attached hydrogens (tertiary/aromatic N) is 3. The van der Waals surface area contributed by atoms with E-state index in [1.807, 2.05) is 61.7 Å². The van der Waals surface area contributed by atoms with Gasteiger partial charge in [0, 0.05) is 31.4 Å². The van der Waals surface area contributed by atoms with E-state index in [0.717, 1.165) is 28.7 Å². The van der Waals surface area contributed by atoms with Gasteiger partial charge in [-0.25, -0.2) is 0 Å². The summed E-state index contributed by atoms with van der Waals surface area (Å²) in [4.78, 5) is 13.2. The van der Waals surface area contributed by atoms with Gasteiger partial charge in [-0.1, -0.05) is 29.5 Å². The Morgan fingerprint density at radius 3 is 2.48 bits per heavy atom. The van der Waals surface area contributed by atoms with Crippen LogP contribution in [0.5, 0.6) is 11.5 Å². The Labute approximate surface area is 199 Å². The van der Waals surface area contributed by atoms with Crippen LogP contribution in [0.3, 0.4) is 0 Å². The summed E-state index contributed by atoms with van der Waals surface area (Å²) in [6.45, 7) is 7.16. The van der Waals surface area contributed by atoms with Crippen LogP contribution in [0.15, 0.2) is 41.6 Å². The number of carbonyl (C=O) groups is 1. The minimum absolute atomic E-state index is 0.0836. The number of carbonyl (C=O) groups excluding carboxylic acids is 1. The average Bonchev–Trinajstić information content (AvgIpc) is 3.21. The van der Waals surface area contributed by atoms with Crippen molar-refractivity contribution in [3.05, 3.63) is 53.1 Å². The normalized spacial score (nSPS) is 11.9. The van der Waals surface area contributed by atoms with Gasteiger partial charge in [-0.05, 0) is 57.0 Å². The zero-order valence-corrected chi connectivity index (χ0v) is 20.9. The first kappa shape index (κ1) is 24.8. The van der Waals surface area contributed by atoms with Crippen LogP contribution in [0.4, 0.5) is 0 Å². The highest BCUT2D eigenvalue weighted by molar-refractivity contribution is 8.00. The SMILES string of the molecule is COCCCn1c(SC(C)C(=O)c2cc(C)ccc2C)nnc1-c1ccc(OC)c(OC)c1. The largest absolute Gasteiger partial charge is 0.493 e. The van der Waals surface area contributed by atoms with Crippen molar-refractivity contribution in [2.24, 2.45) is 0 Å². The Balaban J connectivity index is 1.93. The quantitative estimate of drug-likeness (QED) is 0.223. The number of ether oxygens (including phenoxy) is 3. The molecule has 0 saturated carbocycles. The second-order valence-electron chi connectivity index (χ2n) is 7.82. The molecule has 0 amide bonds. The molecule has 0 aliphatic carbocycles. The number of hydrogen-bond acceptors (Lipinski definition) is 7. The maximum atomic E-state index is 13.2. The number of methoxy groups -OCH3 is 3. The van der Waals surface area contributed by atoms with E-state index in [0.29, 0.717) is 35.6 Å². The molecule has 0 N–H and O–H groups in total. The molecule has 2 aromatic carbocycles. The van der Waals surface area contributed by atoms with E-state index in [4.69, 9.17) is 14.2 Å². The van der Waals surface area contributed by atoms with Gasteiger partial charge >= 0.3 is 0 Å². The molecule has 176 valence electrons. The number of aryl methyl sites for hydroxylation is 2. The van der Waals surface area contributed by atoms with Gasteiger partial charge in [-0.15, -0.1) is 10.2 Å². The van der Waals surface area contributed by atoms with E-state index in [-0.39, 0.29) is 11.0 Å². The minimum Gasteiger partial charge on any atom is -0.493 e. The van der Waals surface area contributed by atoms with Crippen molar-refractivity contribution >= 4 is 17.5 Å². The monoisotopic (exact) mass is 469 g/mol. The van der Waals surface area contributed by atoms with E-state index in [1.165, 1.54) is 11.8 Å². The second-order valence-corrected chi connectivity index (χ2v) is 9.12. The minimum atomic E-state index is -0.311. The fourth-order valence-electron chi connectivity index (χ4n) is 3.57. The number of aromatic nitrogens is 3. The summed E-state index contributed by atoms with van der Waals surface area (Å²) in [6.07, 6.45) is 0.793. The lowest BCUT2D eigenvalue weighted by Gasteiger charge is -2.15. The Hall–Kier alpha value is -2.84. The van der Waals surface area contributed by atoms with E-state index < -0.39 is 0 Å². The Morgan fingerprint density at radius 1 is 1.03 bits per heavy atom. The summed E-state index contributed by atoms with van der Waals surface area (Å²) in [5.41, 5.74) is 3.66. The van der Waals surface area contributed by atoms with Gasteiger partial charge in [-0.2, -0.15) is 0 Å². The van der Waals surface area contributed by atoms with Crippen molar-refractivity contribution in [1.82, 2.24) is 14.8 Å². The van der Waals surface area contributed by atoms with E-state index in [1.54, 1.807) is 21.3 Å². The molecule has 8 heteroatoms. The molecule has 0 spiro atoms. The molecule has 33 heavy (non-hydrogen) atoms. The van der Waals surface area contributed by atoms with Crippen molar-refractivity contribution in [3.63, 3.8) is 0 Å². The van der Waals surface area contributed by atoms with E-state index in [2.05, 4.69) is 10.2 Å². The second kappa shape index (κ2) is 11.3. The molecule has 3 aromatic rings. The van der Waals surface area contributed by atoms with Crippen molar-refractivity contribution < 1.29 is 19.0 Å². The topological polar surface area (TPSA) is 75.5 Å². The lowest BCUT2D eigenvalue weighted by Crippen LogP contribution is -2.16. The molecule has 0 fully saturated rings. The third-order valence-electron chi connectivity index (χ3n) is 5.40. The number of rotatable bonds is 11. The first-order valence-electron chi connectivity index (χ1n) is 10.8. The molecule has 1 atom stereocenters. The smallest absolute Gasteiger partial charge is 0.192 e. The summed E-state index contributed by atoms with van der Waals surface area (Å²) in [5.74, 6) is 2.06. The first-order chi connectivity index (χ1) is 15.9. The highest BCUT2D eigenvalue weighted by atomic mass is 32.2.